The largest absolute Gasteiger partial charge is 0.573 e. The van der Waals surface area contributed by atoms with Gasteiger partial charge in [0.25, 0.3) is 0 Å². The minimum atomic E-state index is -4.84. The first-order chi connectivity index (χ1) is 16.2. The van der Waals surface area contributed by atoms with Crippen LogP contribution in [0.2, 0.25) is 0 Å². The van der Waals surface area contributed by atoms with Crippen molar-refractivity contribution < 1.29 is 27.5 Å². The van der Waals surface area contributed by atoms with Crippen molar-refractivity contribution in [1.29, 1.82) is 0 Å². The van der Waals surface area contributed by atoms with E-state index in [1.54, 1.807) is 54.2 Å². The number of aryl methyl sites for hydroxylation is 1. The predicted molar refractivity (Wildman–Crippen MR) is 124 cm³/mol. The summed E-state index contributed by atoms with van der Waals surface area (Å²) in [6.45, 7) is 0. The van der Waals surface area contributed by atoms with Gasteiger partial charge in [-0.15, -0.1) is 13.2 Å². The van der Waals surface area contributed by atoms with Crippen molar-refractivity contribution in [3.8, 4) is 17.2 Å². The van der Waals surface area contributed by atoms with Gasteiger partial charge in [-0.3, -0.25) is 4.98 Å². The summed E-state index contributed by atoms with van der Waals surface area (Å²) in [6, 6.07) is 12.9. The molecule has 0 atom stereocenters. The zero-order valence-corrected chi connectivity index (χ0v) is 19.4. The second kappa shape index (κ2) is 9.59. The van der Waals surface area contributed by atoms with Crippen molar-refractivity contribution in [1.82, 2.24) is 14.5 Å². The molecule has 0 saturated carbocycles. The van der Waals surface area contributed by atoms with Gasteiger partial charge in [0.05, 0.1) is 28.6 Å². The summed E-state index contributed by atoms with van der Waals surface area (Å²) in [5.41, 5.74) is 1.98. The number of oxime groups is 1. The van der Waals surface area contributed by atoms with Gasteiger partial charge in [-0.2, -0.15) is 0 Å². The van der Waals surface area contributed by atoms with Gasteiger partial charge >= 0.3 is 6.36 Å². The molecule has 0 spiro atoms. The summed E-state index contributed by atoms with van der Waals surface area (Å²) in [5, 5.41) is 6.58. The molecular formula is C22H17BrF3N5O3. The minimum absolute atomic E-state index is 0.109. The van der Waals surface area contributed by atoms with Crippen LogP contribution in [0.5, 0.6) is 17.2 Å². The van der Waals surface area contributed by atoms with E-state index in [1.165, 1.54) is 25.5 Å². The molecule has 12 heteroatoms. The van der Waals surface area contributed by atoms with Crippen LogP contribution in [0.4, 0.5) is 24.8 Å². The number of alkyl halides is 3. The molecule has 0 radical (unpaired) electrons. The SMILES string of the molecule is CON=Cc1cc(Oc2ccc3c(c2)nc(Nc2ccc(Br)cc2OC(F)(F)F)n3C)ccn1. The van der Waals surface area contributed by atoms with Crippen molar-refractivity contribution in [2.24, 2.45) is 12.2 Å². The zero-order valence-electron chi connectivity index (χ0n) is 17.8. The quantitative estimate of drug-likeness (QED) is 0.226. The predicted octanol–water partition coefficient (Wildman–Crippen LogP) is 6.15. The van der Waals surface area contributed by atoms with Crippen molar-refractivity contribution in [3.63, 3.8) is 0 Å². The van der Waals surface area contributed by atoms with E-state index in [4.69, 9.17) is 4.74 Å². The Kier molecular flexibility index (Phi) is 6.59. The first-order valence-corrected chi connectivity index (χ1v) is 10.5. The van der Waals surface area contributed by atoms with Gasteiger partial charge in [0, 0.05) is 29.8 Å². The molecule has 2 heterocycles. The van der Waals surface area contributed by atoms with Crippen molar-refractivity contribution >= 4 is 44.8 Å². The number of pyridine rings is 1. The number of ether oxygens (including phenoxy) is 2. The van der Waals surface area contributed by atoms with Crippen LogP contribution >= 0.6 is 15.9 Å². The molecule has 0 amide bonds. The van der Waals surface area contributed by atoms with E-state index in [-0.39, 0.29) is 11.4 Å². The number of nitrogens with one attached hydrogen (secondary N) is 1. The van der Waals surface area contributed by atoms with Gasteiger partial charge in [0.1, 0.15) is 18.6 Å². The number of rotatable bonds is 7. The van der Waals surface area contributed by atoms with E-state index in [1.807, 2.05) is 0 Å². The molecule has 4 aromatic rings. The molecule has 0 fully saturated rings. The third-order valence-corrected chi connectivity index (χ3v) is 5.04. The fraction of sp³-hybridized carbons (Fsp3) is 0.136. The average molecular weight is 536 g/mol. The van der Waals surface area contributed by atoms with E-state index in [2.05, 4.69) is 45.9 Å². The lowest BCUT2D eigenvalue weighted by Gasteiger charge is -2.14. The highest BCUT2D eigenvalue weighted by Gasteiger charge is 2.32. The van der Waals surface area contributed by atoms with Gasteiger partial charge < -0.3 is 24.2 Å². The first kappa shape index (κ1) is 23.4. The summed E-state index contributed by atoms with van der Waals surface area (Å²) >= 11 is 3.16. The normalized spacial score (nSPS) is 11.7. The second-order valence-corrected chi connectivity index (χ2v) is 7.81. The Morgan fingerprint density at radius 1 is 1.09 bits per heavy atom. The smallest absolute Gasteiger partial charge is 0.457 e. The number of hydrogen-bond donors (Lipinski definition) is 1. The van der Waals surface area contributed by atoms with E-state index in [9.17, 15) is 13.2 Å². The lowest BCUT2D eigenvalue weighted by molar-refractivity contribution is -0.274. The van der Waals surface area contributed by atoms with E-state index in [0.29, 0.717) is 33.1 Å². The standard InChI is InChI=1S/C22H17BrF3N5O3/c1-31-19-6-4-15(33-16-7-8-27-14(10-16)12-28-32-2)11-18(19)30-21(31)29-17-5-3-13(23)9-20(17)34-22(24,25)26/h3-12H,1-2H3,(H,29,30). The summed E-state index contributed by atoms with van der Waals surface area (Å²) in [6.07, 6.45) is -1.81. The first-order valence-electron chi connectivity index (χ1n) is 9.71. The summed E-state index contributed by atoms with van der Waals surface area (Å²) in [5.74, 6) is 0.986. The maximum absolute atomic E-state index is 12.8. The third kappa shape index (κ3) is 5.57. The molecule has 2 aromatic carbocycles. The second-order valence-electron chi connectivity index (χ2n) is 6.89. The summed E-state index contributed by atoms with van der Waals surface area (Å²) in [4.78, 5) is 13.3. The maximum Gasteiger partial charge on any atom is 0.573 e. The van der Waals surface area contributed by atoms with Crippen molar-refractivity contribution in [2.45, 2.75) is 6.36 Å². The van der Waals surface area contributed by atoms with Crippen molar-refractivity contribution in [2.75, 3.05) is 12.4 Å². The van der Waals surface area contributed by atoms with Crippen LogP contribution in [0, 0.1) is 0 Å². The number of aromatic nitrogens is 3. The van der Waals surface area contributed by atoms with Crippen LogP contribution in [0.25, 0.3) is 11.0 Å². The van der Waals surface area contributed by atoms with E-state index in [0.717, 1.165) is 5.52 Å². The highest BCUT2D eigenvalue weighted by Crippen LogP contribution is 2.35. The Balaban J connectivity index is 1.60. The Morgan fingerprint density at radius 3 is 2.65 bits per heavy atom. The molecule has 0 bridgehead atoms. The highest BCUT2D eigenvalue weighted by molar-refractivity contribution is 9.10. The number of benzene rings is 2. The van der Waals surface area contributed by atoms with Crippen LogP contribution < -0.4 is 14.8 Å². The number of halogens is 4. The number of fused-ring (bicyclic) bond motifs is 1. The molecule has 0 unspecified atom stereocenters. The number of imidazole rings is 1. The molecule has 34 heavy (non-hydrogen) atoms. The molecule has 0 aliphatic heterocycles. The van der Waals surface area contributed by atoms with Gasteiger partial charge in [-0.05, 0) is 36.4 Å². The topological polar surface area (TPSA) is 82.8 Å². The van der Waals surface area contributed by atoms with Crippen LogP contribution in [-0.4, -0.2) is 34.2 Å². The lowest BCUT2D eigenvalue weighted by atomic mass is 10.3. The van der Waals surface area contributed by atoms with Crippen LogP contribution in [-0.2, 0) is 11.9 Å². The van der Waals surface area contributed by atoms with Crippen molar-refractivity contribution in [3.05, 3.63) is 64.9 Å². The maximum atomic E-state index is 12.8. The summed E-state index contributed by atoms with van der Waals surface area (Å²) in [7, 11) is 3.18. The monoisotopic (exact) mass is 535 g/mol. The number of hydrogen-bond acceptors (Lipinski definition) is 7. The number of nitrogens with zero attached hydrogens (tertiary/aromatic N) is 4. The molecule has 2 aromatic heterocycles. The van der Waals surface area contributed by atoms with Gasteiger partial charge in [-0.25, -0.2) is 4.98 Å². The molecule has 1 N–H and O–H groups in total. The molecule has 0 aliphatic rings. The molecule has 8 nitrogen and oxygen atoms in total. The zero-order chi connectivity index (χ0) is 24.3. The van der Waals surface area contributed by atoms with Crippen LogP contribution in [0.15, 0.2) is 64.4 Å². The fourth-order valence-corrected chi connectivity index (χ4v) is 3.43. The fourth-order valence-electron chi connectivity index (χ4n) is 3.09. The highest BCUT2D eigenvalue weighted by atomic mass is 79.9. The lowest BCUT2D eigenvalue weighted by Crippen LogP contribution is -2.18. The van der Waals surface area contributed by atoms with E-state index >= 15 is 0 Å². The molecule has 4 rings (SSSR count). The molecule has 0 saturated heterocycles. The Bertz CT molecular complexity index is 1360. The minimum Gasteiger partial charge on any atom is -0.457 e. The Morgan fingerprint density at radius 2 is 1.88 bits per heavy atom. The van der Waals surface area contributed by atoms with E-state index < -0.39 is 6.36 Å². The number of anilines is 2. The van der Waals surface area contributed by atoms with Gasteiger partial charge in [0.2, 0.25) is 5.95 Å². The Labute approximate surface area is 200 Å². The third-order valence-electron chi connectivity index (χ3n) is 4.55. The summed E-state index contributed by atoms with van der Waals surface area (Å²) < 4.78 is 50.7. The Hall–Kier alpha value is -3.80. The molecule has 0 aliphatic carbocycles. The molecular weight excluding hydrogens is 519 g/mol. The van der Waals surface area contributed by atoms with Gasteiger partial charge in [-0.1, -0.05) is 21.1 Å². The van der Waals surface area contributed by atoms with Crippen LogP contribution in [0.3, 0.4) is 0 Å². The van der Waals surface area contributed by atoms with Crippen LogP contribution in [0.1, 0.15) is 5.69 Å². The molecule has 176 valence electrons. The average Bonchev–Trinajstić information content (AvgIpc) is 3.08. The van der Waals surface area contributed by atoms with Gasteiger partial charge in [0.15, 0.2) is 5.75 Å².